The lowest BCUT2D eigenvalue weighted by atomic mass is 10.0. The number of aliphatic hydroxyl groups is 1. The first-order valence-corrected chi connectivity index (χ1v) is 11.4. The summed E-state index contributed by atoms with van der Waals surface area (Å²) in [5.74, 6) is -3.25. The van der Waals surface area contributed by atoms with Gasteiger partial charge in [0.1, 0.15) is 24.2 Å². The molecule has 0 spiro atoms. The Morgan fingerprint density at radius 2 is 1.69 bits per heavy atom. The average molecular weight is 491 g/mol. The summed E-state index contributed by atoms with van der Waals surface area (Å²) in [5, 5.41) is 26.9. The number of carbonyl (C=O) groups is 4. The van der Waals surface area contributed by atoms with Crippen molar-refractivity contribution in [1.29, 1.82) is 0 Å². The highest BCUT2D eigenvalue weighted by molar-refractivity contribution is 5.94. The third-order valence-corrected chi connectivity index (χ3v) is 5.58. The number of aliphatic carboxylic acids is 1. The molecule has 0 aliphatic rings. The molecule has 10 N–H and O–H groups in total. The number of rotatable bonds is 14. The number of carbonyl (C=O) groups excluding carboxylic acids is 3. The van der Waals surface area contributed by atoms with Crippen LogP contribution in [0, 0.1) is 0 Å². The zero-order chi connectivity index (χ0) is 26.0. The second kappa shape index (κ2) is 13.4. The number of benzene rings is 1. The Morgan fingerprint density at radius 1 is 1.00 bits per heavy atom. The largest absolute Gasteiger partial charge is 0.480 e. The molecule has 0 saturated heterocycles. The Hall–Kier alpha value is -3.48. The Morgan fingerprint density at radius 3 is 2.34 bits per heavy atom. The molecule has 0 bridgehead atoms. The van der Waals surface area contributed by atoms with Gasteiger partial charge in [-0.05, 0) is 44.4 Å². The van der Waals surface area contributed by atoms with Gasteiger partial charge in [0.15, 0.2) is 0 Å². The molecule has 35 heavy (non-hydrogen) atoms. The molecule has 192 valence electrons. The van der Waals surface area contributed by atoms with Gasteiger partial charge in [-0.15, -0.1) is 0 Å². The van der Waals surface area contributed by atoms with Gasteiger partial charge in [0.05, 0.1) is 6.61 Å². The van der Waals surface area contributed by atoms with Gasteiger partial charge in [-0.3, -0.25) is 14.4 Å². The molecule has 3 amide bonds. The zero-order valence-corrected chi connectivity index (χ0v) is 19.6. The number of carboxylic acids is 1. The second-order valence-corrected chi connectivity index (χ2v) is 8.33. The number of fused-ring (bicyclic) bond motifs is 1. The van der Waals surface area contributed by atoms with Crippen molar-refractivity contribution in [2.45, 2.75) is 56.8 Å². The number of aromatic nitrogens is 1. The summed E-state index contributed by atoms with van der Waals surface area (Å²) < 4.78 is 0. The Balaban J connectivity index is 2.12. The third kappa shape index (κ3) is 8.05. The molecule has 1 aromatic heterocycles. The van der Waals surface area contributed by atoms with Crippen molar-refractivity contribution in [3.05, 3.63) is 36.0 Å². The second-order valence-electron chi connectivity index (χ2n) is 8.33. The molecule has 1 heterocycles. The van der Waals surface area contributed by atoms with E-state index >= 15 is 0 Å². The fourth-order valence-corrected chi connectivity index (χ4v) is 3.52. The number of H-pyrrole nitrogens is 1. The van der Waals surface area contributed by atoms with E-state index in [9.17, 15) is 29.4 Å². The predicted molar refractivity (Wildman–Crippen MR) is 129 cm³/mol. The van der Waals surface area contributed by atoms with Crippen molar-refractivity contribution in [2.75, 3.05) is 13.2 Å². The summed E-state index contributed by atoms with van der Waals surface area (Å²) in [6.07, 6.45) is 3.16. The standard InChI is InChI=1S/C23H34N6O6/c1-13(20(31)28-18(23(34)35)8-4-5-9-24)27-22(33)19(29-21(32)16(25)12-30)10-14-11-26-17-7-3-2-6-15(14)17/h2-3,6-7,11,13,16,18-19,26,30H,4-5,8-10,12,24-25H2,1H3,(H,27,33)(H,28,31)(H,29,32)(H,34,35). The van der Waals surface area contributed by atoms with E-state index in [-0.39, 0.29) is 12.8 Å². The Labute approximate surface area is 202 Å². The van der Waals surface area contributed by atoms with Crippen LogP contribution in [0.4, 0.5) is 0 Å². The van der Waals surface area contributed by atoms with Crippen molar-refractivity contribution in [2.24, 2.45) is 11.5 Å². The summed E-state index contributed by atoms with van der Waals surface area (Å²) in [5.41, 5.74) is 12.6. The number of aliphatic hydroxyl groups excluding tert-OH is 1. The highest BCUT2D eigenvalue weighted by Gasteiger charge is 2.29. The molecular formula is C23H34N6O6. The normalized spacial score (nSPS) is 14.5. The van der Waals surface area contributed by atoms with Crippen molar-refractivity contribution in [3.8, 4) is 0 Å². The summed E-state index contributed by atoms with van der Waals surface area (Å²) in [7, 11) is 0. The summed E-state index contributed by atoms with van der Waals surface area (Å²) in [6.45, 7) is 1.22. The smallest absolute Gasteiger partial charge is 0.326 e. The summed E-state index contributed by atoms with van der Waals surface area (Å²) >= 11 is 0. The molecule has 12 nitrogen and oxygen atoms in total. The van der Waals surface area contributed by atoms with Gasteiger partial charge in [0.2, 0.25) is 17.7 Å². The predicted octanol–water partition coefficient (Wildman–Crippen LogP) is -1.28. The van der Waals surface area contributed by atoms with E-state index in [1.165, 1.54) is 6.92 Å². The molecule has 0 fully saturated rings. The molecule has 4 unspecified atom stereocenters. The van der Waals surface area contributed by atoms with E-state index in [1.54, 1.807) is 6.20 Å². The Bertz CT molecular complexity index is 1020. The van der Waals surface area contributed by atoms with Gasteiger partial charge in [-0.25, -0.2) is 4.79 Å². The van der Waals surface area contributed by atoms with Crippen LogP contribution in [0.1, 0.15) is 31.7 Å². The number of carboxylic acid groups (broad SMARTS) is 1. The topological polar surface area (TPSA) is 213 Å². The third-order valence-electron chi connectivity index (χ3n) is 5.58. The van der Waals surface area contributed by atoms with Gasteiger partial charge in [0, 0.05) is 23.5 Å². The number of nitrogens with two attached hydrogens (primary N) is 2. The van der Waals surface area contributed by atoms with E-state index in [0.29, 0.717) is 19.4 Å². The lowest BCUT2D eigenvalue weighted by Crippen LogP contribution is -2.57. The summed E-state index contributed by atoms with van der Waals surface area (Å²) in [4.78, 5) is 52.5. The fraction of sp³-hybridized carbons (Fsp3) is 0.478. The van der Waals surface area contributed by atoms with Crippen LogP contribution in [-0.2, 0) is 25.6 Å². The van der Waals surface area contributed by atoms with Gasteiger partial charge in [-0.2, -0.15) is 0 Å². The highest BCUT2D eigenvalue weighted by atomic mass is 16.4. The first-order valence-electron chi connectivity index (χ1n) is 11.4. The number of aromatic amines is 1. The van der Waals surface area contributed by atoms with Gasteiger partial charge < -0.3 is 42.6 Å². The quantitative estimate of drug-likeness (QED) is 0.149. The van der Waals surface area contributed by atoms with Crippen molar-refractivity contribution < 1.29 is 29.4 Å². The minimum atomic E-state index is -1.22. The van der Waals surface area contributed by atoms with Crippen LogP contribution in [0.2, 0.25) is 0 Å². The van der Waals surface area contributed by atoms with E-state index in [4.69, 9.17) is 11.5 Å². The van der Waals surface area contributed by atoms with Crippen molar-refractivity contribution >= 4 is 34.6 Å². The highest BCUT2D eigenvalue weighted by Crippen LogP contribution is 2.19. The van der Waals surface area contributed by atoms with Crippen LogP contribution >= 0.6 is 0 Å². The first kappa shape index (κ1) is 27.8. The number of nitrogens with one attached hydrogen (secondary N) is 4. The fourth-order valence-electron chi connectivity index (χ4n) is 3.52. The molecule has 1 aromatic carbocycles. The van der Waals surface area contributed by atoms with Gasteiger partial charge >= 0.3 is 5.97 Å². The molecular weight excluding hydrogens is 456 g/mol. The lowest BCUT2D eigenvalue weighted by Gasteiger charge is -2.23. The van der Waals surface area contributed by atoms with E-state index in [2.05, 4.69) is 20.9 Å². The number of amides is 3. The van der Waals surface area contributed by atoms with Crippen LogP contribution in [0.5, 0.6) is 0 Å². The van der Waals surface area contributed by atoms with Crippen LogP contribution in [0.15, 0.2) is 30.5 Å². The molecule has 12 heteroatoms. The summed E-state index contributed by atoms with van der Waals surface area (Å²) in [6, 6.07) is 2.92. The molecule has 0 radical (unpaired) electrons. The molecule has 0 aliphatic carbocycles. The number of unbranched alkanes of at least 4 members (excludes halogenated alkanes) is 1. The SMILES string of the molecule is CC(NC(=O)C(Cc1c[nH]c2ccccc12)NC(=O)C(N)CO)C(=O)NC(CCCCN)C(=O)O. The molecule has 2 aromatic rings. The van der Waals surface area contributed by atoms with E-state index in [1.807, 2.05) is 24.3 Å². The van der Waals surface area contributed by atoms with Crippen molar-refractivity contribution in [3.63, 3.8) is 0 Å². The van der Waals surface area contributed by atoms with Crippen LogP contribution in [-0.4, -0.2) is 76.2 Å². The molecule has 0 saturated carbocycles. The van der Waals surface area contributed by atoms with Gasteiger partial charge in [-0.1, -0.05) is 18.2 Å². The van der Waals surface area contributed by atoms with Crippen LogP contribution in [0.3, 0.4) is 0 Å². The zero-order valence-electron chi connectivity index (χ0n) is 19.6. The maximum absolute atomic E-state index is 13.0. The minimum absolute atomic E-state index is 0.0882. The lowest BCUT2D eigenvalue weighted by molar-refractivity contribution is -0.142. The van der Waals surface area contributed by atoms with E-state index in [0.717, 1.165) is 16.5 Å². The number of hydrogen-bond donors (Lipinski definition) is 8. The molecule has 2 rings (SSSR count). The number of para-hydroxylation sites is 1. The maximum Gasteiger partial charge on any atom is 0.326 e. The average Bonchev–Trinajstić information content (AvgIpc) is 3.24. The minimum Gasteiger partial charge on any atom is -0.480 e. The van der Waals surface area contributed by atoms with Crippen LogP contribution < -0.4 is 27.4 Å². The number of hydrogen-bond acceptors (Lipinski definition) is 7. The maximum atomic E-state index is 13.0. The first-order chi connectivity index (χ1) is 16.7. The molecule has 4 atom stereocenters. The van der Waals surface area contributed by atoms with Crippen molar-refractivity contribution in [1.82, 2.24) is 20.9 Å². The van der Waals surface area contributed by atoms with Gasteiger partial charge in [0.25, 0.3) is 0 Å². The Kier molecular flexibility index (Phi) is 10.6. The molecule has 0 aliphatic heterocycles. The monoisotopic (exact) mass is 490 g/mol. The van der Waals surface area contributed by atoms with Crippen LogP contribution in [0.25, 0.3) is 10.9 Å². The van der Waals surface area contributed by atoms with E-state index < -0.39 is 54.5 Å².